The lowest BCUT2D eigenvalue weighted by molar-refractivity contribution is 0.102. The van der Waals surface area contributed by atoms with E-state index in [0.717, 1.165) is 5.69 Å². The Balaban J connectivity index is 1.69. The molecule has 0 spiro atoms. The van der Waals surface area contributed by atoms with E-state index in [0.29, 0.717) is 33.7 Å². The quantitative estimate of drug-likeness (QED) is 0.538. The molecule has 0 saturated carbocycles. The van der Waals surface area contributed by atoms with Crippen molar-refractivity contribution in [2.75, 3.05) is 5.32 Å². The highest BCUT2D eigenvalue weighted by Gasteiger charge is 2.16. The first-order chi connectivity index (χ1) is 14.0. The van der Waals surface area contributed by atoms with Crippen LogP contribution in [0.25, 0.3) is 22.4 Å². The number of pyridine rings is 2. The predicted octanol–water partition coefficient (Wildman–Crippen LogP) is 3.42. The molecular formula is C20H17ClN6O2. The first kappa shape index (κ1) is 18.8. The van der Waals surface area contributed by atoms with Crippen molar-refractivity contribution in [2.45, 2.75) is 20.4 Å². The van der Waals surface area contributed by atoms with E-state index in [4.69, 9.17) is 11.6 Å². The Bertz CT molecular complexity index is 1280. The molecule has 0 aliphatic rings. The lowest BCUT2D eigenvalue weighted by Gasteiger charge is -2.10. The molecule has 0 fully saturated rings. The molecule has 0 aliphatic carbocycles. The van der Waals surface area contributed by atoms with E-state index >= 15 is 0 Å². The molecule has 2 N–H and O–H groups in total. The standard InChI is InChI=1S/C20H17ClN6O2/c1-3-27-10-15(16(28)14-9-4-11(2)22-18(14)27)17-23-20(26-25-17)24-19(29)12-5-7-13(21)8-6-12/h4-10H,3H2,1-2H3,(H2,23,24,25,26,29). The highest BCUT2D eigenvalue weighted by molar-refractivity contribution is 6.30. The van der Waals surface area contributed by atoms with E-state index in [1.54, 1.807) is 42.6 Å². The van der Waals surface area contributed by atoms with Crippen LogP contribution in [0.3, 0.4) is 0 Å². The molecule has 0 unspecified atom stereocenters. The van der Waals surface area contributed by atoms with Crippen molar-refractivity contribution in [3.05, 3.63) is 69.1 Å². The summed E-state index contributed by atoms with van der Waals surface area (Å²) in [5, 5.41) is 10.4. The predicted molar refractivity (Wildman–Crippen MR) is 111 cm³/mol. The molecule has 9 heteroatoms. The third kappa shape index (κ3) is 3.62. The number of amides is 1. The second-order valence-corrected chi connectivity index (χ2v) is 6.89. The Morgan fingerprint density at radius 1 is 1.17 bits per heavy atom. The van der Waals surface area contributed by atoms with Gasteiger partial charge in [-0.1, -0.05) is 11.6 Å². The van der Waals surface area contributed by atoms with Crippen molar-refractivity contribution in [2.24, 2.45) is 0 Å². The minimum atomic E-state index is -0.378. The number of rotatable bonds is 4. The average molecular weight is 409 g/mol. The third-order valence-electron chi connectivity index (χ3n) is 4.47. The van der Waals surface area contributed by atoms with Gasteiger partial charge in [-0.15, -0.1) is 5.10 Å². The highest BCUT2D eigenvalue weighted by Crippen LogP contribution is 2.18. The number of carbonyl (C=O) groups excluding carboxylic acids is 1. The van der Waals surface area contributed by atoms with Crippen molar-refractivity contribution in [3.63, 3.8) is 0 Å². The second kappa shape index (κ2) is 7.48. The van der Waals surface area contributed by atoms with Gasteiger partial charge in [-0.25, -0.2) is 4.98 Å². The maximum atomic E-state index is 13.0. The minimum Gasteiger partial charge on any atom is -0.332 e. The lowest BCUT2D eigenvalue weighted by Crippen LogP contribution is -2.14. The Morgan fingerprint density at radius 3 is 2.66 bits per heavy atom. The zero-order valence-corrected chi connectivity index (χ0v) is 16.5. The Hall–Kier alpha value is -3.52. The minimum absolute atomic E-state index is 0.0736. The van der Waals surface area contributed by atoms with Crippen LogP contribution < -0.4 is 10.7 Å². The summed E-state index contributed by atoms with van der Waals surface area (Å²) in [4.78, 5) is 34.0. The van der Waals surface area contributed by atoms with Gasteiger partial charge in [-0.3, -0.25) is 20.0 Å². The molecule has 146 valence electrons. The van der Waals surface area contributed by atoms with Crippen molar-refractivity contribution in [1.82, 2.24) is 24.7 Å². The van der Waals surface area contributed by atoms with Crippen molar-refractivity contribution >= 4 is 34.5 Å². The molecule has 0 aliphatic heterocycles. The number of aromatic amines is 1. The zero-order valence-electron chi connectivity index (χ0n) is 15.7. The maximum Gasteiger partial charge on any atom is 0.258 e. The van der Waals surface area contributed by atoms with Gasteiger partial charge in [0, 0.05) is 29.0 Å². The average Bonchev–Trinajstić information content (AvgIpc) is 3.17. The largest absolute Gasteiger partial charge is 0.332 e. The van der Waals surface area contributed by atoms with E-state index in [-0.39, 0.29) is 23.1 Å². The monoisotopic (exact) mass is 408 g/mol. The molecule has 4 rings (SSSR count). The number of halogens is 1. The van der Waals surface area contributed by atoms with Gasteiger partial charge in [0.25, 0.3) is 5.91 Å². The van der Waals surface area contributed by atoms with Gasteiger partial charge in [0.15, 0.2) is 5.82 Å². The summed E-state index contributed by atoms with van der Waals surface area (Å²) in [7, 11) is 0. The fourth-order valence-corrected chi connectivity index (χ4v) is 3.11. The van der Waals surface area contributed by atoms with E-state index in [9.17, 15) is 9.59 Å². The van der Waals surface area contributed by atoms with Gasteiger partial charge in [-0.2, -0.15) is 4.98 Å². The number of H-pyrrole nitrogens is 1. The summed E-state index contributed by atoms with van der Waals surface area (Å²) in [6.07, 6.45) is 1.70. The zero-order chi connectivity index (χ0) is 20.5. The number of aromatic nitrogens is 5. The van der Waals surface area contributed by atoms with Gasteiger partial charge in [0.2, 0.25) is 11.4 Å². The highest BCUT2D eigenvalue weighted by atomic mass is 35.5. The Kier molecular flexibility index (Phi) is 4.85. The fourth-order valence-electron chi connectivity index (χ4n) is 2.98. The molecular weight excluding hydrogens is 392 g/mol. The first-order valence-corrected chi connectivity index (χ1v) is 9.34. The molecule has 0 saturated heterocycles. The number of nitrogens with one attached hydrogen (secondary N) is 2. The SMILES string of the molecule is CCn1cc(-c2nc(NC(=O)c3ccc(Cl)cc3)n[nH]2)c(=O)c2ccc(C)nc21. The smallest absolute Gasteiger partial charge is 0.258 e. The Labute approximate surface area is 170 Å². The van der Waals surface area contributed by atoms with E-state index in [1.807, 2.05) is 18.4 Å². The van der Waals surface area contributed by atoms with Crippen LogP contribution in [0.4, 0.5) is 5.95 Å². The topological polar surface area (TPSA) is 106 Å². The van der Waals surface area contributed by atoms with Crippen LogP contribution in [0.2, 0.25) is 5.02 Å². The number of aryl methyl sites for hydroxylation is 2. The number of hydrogen-bond acceptors (Lipinski definition) is 5. The van der Waals surface area contributed by atoms with Gasteiger partial charge in [-0.05, 0) is 50.2 Å². The summed E-state index contributed by atoms with van der Waals surface area (Å²) in [5.74, 6) is -0.0352. The van der Waals surface area contributed by atoms with Gasteiger partial charge >= 0.3 is 0 Å². The number of fused-ring (bicyclic) bond motifs is 1. The summed E-state index contributed by atoms with van der Waals surface area (Å²) in [6.45, 7) is 4.48. The fraction of sp³-hybridized carbons (Fsp3) is 0.150. The van der Waals surface area contributed by atoms with Crippen molar-refractivity contribution in [1.29, 1.82) is 0 Å². The summed E-state index contributed by atoms with van der Waals surface area (Å²) >= 11 is 5.84. The van der Waals surface area contributed by atoms with Crippen LogP contribution in [-0.2, 0) is 6.54 Å². The van der Waals surface area contributed by atoms with Crippen molar-refractivity contribution < 1.29 is 4.79 Å². The Morgan fingerprint density at radius 2 is 1.93 bits per heavy atom. The molecule has 3 aromatic heterocycles. The van der Waals surface area contributed by atoms with Crippen LogP contribution in [-0.4, -0.2) is 30.6 Å². The number of benzene rings is 1. The van der Waals surface area contributed by atoms with Crippen LogP contribution in [0, 0.1) is 6.92 Å². The van der Waals surface area contributed by atoms with Gasteiger partial charge in [0.05, 0.1) is 10.9 Å². The van der Waals surface area contributed by atoms with Gasteiger partial charge < -0.3 is 4.57 Å². The molecule has 0 bridgehead atoms. The number of hydrogen-bond donors (Lipinski definition) is 2. The number of nitrogens with zero attached hydrogens (tertiary/aromatic N) is 4. The molecule has 29 heavy (non-hydrogen) atoms. The number of carbonyl (C=O) groups is 1. The van der Waals surface area contributed by atoms with E-state index < -0.39 is 0 Å². The summed E-state index contributed by atoms with van der Waals surface area (Å²) < 4.78 is 1.88. The van der Waals surface area contributed by atoms with Crippen LogP contribution >= 0.6 is 11.6 Å². The van der Waals surface area contributed by atoms with Crippen molar-refractivity contribution in [3.8, 4) is 11.4 Å². The normalized spacial score (nSPS) is 11.0. The molecule has 8 nitrogen and oxygen atoms in total. The summed E-state index contributed by atoms with van der Waals surface area (Å²) in [5.41, 5.74) is 2.02. The van der Waals surface area contributed by atoms with Gasteiger partial charge in [0.1, 0.15) is 5.65 Å². The second-order valence-electron chi connectivity index (χ2n) is 6.45. The molecule has 3 heterocycles. The van der Waals surface area contributed by atoms with Crippen LogP contribution in [0.5, 0.6) is 0 Å². The number of anilines is 1. The summed E-state index contributed by atoms with van der Waals surface area (Å²) in [6, 6.07) is 10.0. The molecule has 1 amide bonds. The van der Waals surface area contributed by atoms with Crippen LogP contribution in [0.15, 0.2) is 47.4 Å². The maximum absolute atomic E-state index is 13.0. The molecule has 0 atom stereocenters. The van der Waals surface area contributed by atoms with E-state index in [1.165, 1.54) is 0 Å². The molecule has 0 radical (unpaired) electrons. The molecule has 4 aromatic rings. The van der Waals surface area contributed by atoms with E-state index in [2.05, 4.69) is 25.5 Å². The third-order valence-corrected chi connectivity index (χ3v) is 4.73. The molecule has 1 aromatic carbocycles. The first-order valence-electron chi connectivity index (χ1n) is 8.96. The lowest BCUT2D eigenvalue weighted by atomic mass is 10.1. The van der Waals surface area contributed by atoms with Crippen LogP contribution in [0.1, 0.15) is 23.0 Å².